The summed E-state index contributed by atoms with van der Waals surface area (Å²) in [5.41, 5.74) is 15.6. The van der Waals surface area contributed by atoms with Crippen molar-refractivity contribution in [2.24, 2.45) is 0 Å². The van der Waals surface area contributed by atoms with Crippen LogP contribution in [0, 0.1) is 83.1 Å². The van der Waals surface area contributed by atoms with Crippen LogP contribution in [0.1, 0.15) is 158 Å². The molecule has 0 unspecified atom stereocenters. The molecule has 0 fully saturated rings. The minimum atomic E-state index is 0.851. The summed E-state index contributed by atoms with van der Waals surface area (Å²) in [6, 6.07) is 67.3. The minimum Gasteiger partial charge on any atom is -0.493 e. The van der Waals surface area contributed by atoms with E-state index in [1.807, 2.05) is 35.7 Å². The van der Waals surface area contributed by atoms with Gasteiger partial charge >= 0.3 is 0 Å². The second-order valence-corrected chi connectivity index (χ2v) is 22.8. The average molecular weight is 1140 g/mol. The Morgan fingerprint density at radius 3 is 0.964 bits per heavy atom. The number of thiophene rings is 1. The molecule has 9 aromatic rings. The maximum atomic E-state index is 5.86. The molecule has 446 valence electrons. The Hall–Kier alpha value is -6.88. The number of unbranched alkanes of at least 4 members (excludes halogenated alkanes) is 10. The first-order valence-corrected chi connectivity index (χ1v) is 31.5. The summed E-state index contributed by atoms with van der Waals surface area (Å²) in [7, 11) is 1.67. The summed E-state index contributed by atoms with van der Waals surface area (Å²) < 4.78 is 16.5. The van der Waals surface area contributed by atoms with Crippen LogP contribution in [0.3, 0.4) is 0 Å². The third-order valence-electron chi connectivity index (χ3n) is 13.4. The van der Waals surface area contributed by atoms with E-state index in [4.69, 9.17) is 14.2 Å². The topological polar surface area (TPSA) is 27.7 Å². The highest BCUT2D eigenvalue weighted by Gasteiger charge is 2.01. The maximum Gasteiger partial charge on any atom is 0.173 e. The zero-order valence-corrected chi connectivity index (χ0v) is 54.9. The summed E-state index contributed by atoms with van der Waals surface area (Å²) in [4.78, 5) is 0. The number of ether oxygens (including phenoxy) is 3. The lowest BCUT2D eigenvalue weighted by atomic mass is 10.1. The van der Waals surface area contributed by atoms with Gasteiger partial charge in [-0.1, -0.05) is 292 Å². The molecule has 4 heteroatoms. The van der Waals surface area contributed by atoms with E-state index in [1.165, 1.54) is 155 Å². The van der Waals surface area contributed by atoms with Crippen LogP contribution < -0.4 is 14.2 Å². The maximum absolute atomic E-state index is 5.86. The standard InChI is InChI=1S/C18H30O.C14H22O.C11H10.3C8H10.C7H8.C5H6OS/c1-4-5-6-7-8-9-10-11-14-19-18-15-16(2)12-13-17(18)3;1-4-5-6-7-10-15-14-11-12(2)8-9-13(14)3;1-9-6-7-10-4-2-3-5-11(10)8-9;3*1-7-3-5-8(2)6-4-7;1-7-5-3-2-4-6-7;1-6-5-3-2-4-7-5/h12-13,15H,4-11,14H2,1-3H3;8-9,11H,4-7,10H2,1-3H3;2-8H,1H3;3*3-6H,1-2H3;2-6H,1H3;2-4H,1H3. The second kappa shape index (κ2) is 45.6. The molecule has 3 nitrogen and oxygen atoms in total. The van der Waals surface area contributed by atoms with Gasteiger partial charge in [-0.25, -0.2) is 0 Å². The quantitative estimate of drug-likeness (QED) is 0.0851. The van der Waals surface area contributed by atoms with Gasteiger partial charge in [0.1, 0.15) is 11.5 Å². The number of rotatable bonds is 17. The summed E-state index contributed by atoms with van der Waals surface area (Å²) in [5, 5.41) is 5.60. The highest BCUT2D eigenvalue weighted by atomic mass is 32.1. The molecule has 0 radical (unpaired) electrons. The smallest absolute Gasteiger partial charge is 0.173 e. The van der Waals surface area contributed by atoms with Gasteiger partial charge in [-0.2, -0.15) is 0 Å². The van der Waals surface area contributed by atoms with Crippen LogP contribution in [0.15, 0.2) is 200 Å². The van der Waals surface area contributed by atoms with E-state index in [0.717, 1.165) is 29.8 Å². The zero-order chi connectivity index (χ0) is 60.9. The van der Waals surface area contributed by atoms with E-state index in [9.17, 15) is 0 Å². The first kappa shape index (κ1) is 72.2. The first-order chi connectivity index (χ1) is 40.0. The van der Waals surface area contributed by atoms with Crippen molar-refractivity contribution in [3.8, 4) is 16.6 Å². The molecule has 0 amide bonds. The molecule has 8 aromatic carbocycles. The van der Waals surface area contributed by atoms with Crippen molar-refractivity contribution in [2.75, 3.05) is 20.3 Å². The molecule has 0 saturated carbocycles. The average Bonchev–Trinajstić information content (AvgIpc) is 4.05. The van der Waals surface area contributed by atoms with Crippen LogP contribution >= 0.6 is 11.3 Å². The molecule has 0 aliphatic carbocycles. The van der Waals surface area contributed by atoms with Gasteiger partial charge in [0, 0.05) is 0 Å². The summed E-state index contributed by atoms with van der Waals surface area (Å²) in [6.07, 6.45) is 15.8. The highest BCUT2D eigenvalue weighted by molar-refractivity contribution is 7.11. The lowest BCUT2D eigenvalue weighted by Gasteiger charge is -2.09. The fraction of sp³-hybridized carbons (Fsp3) is 0.367. The van der Waals surface area contributed by atoms with E-state index < -0.39 is 0 Å². The molecule has 0 saturated heterocycles. The van der Waals surface area contributed by atoms with Crippen molar-refractivity contribution in [2.45, 2.75) is 174 Å². The highest BCUT2D eigenvalue weighted by Crippen LogP contribution is 2.21. The molecule has 0 atom stereocenters. The molecule has 0 aliphatic heterocycles. The van der Waals surface area contributed by atoms with Gasteiger partial charge in [-0.15, -0.1) is 11.3 Å². The number of fused-ring (bicyclic) bond motifs is 1. The molecular weight excluding hydrogens is 1030 g/mol. The van der Waals surface area contributed by atoms with Crippen molar-refractivity contribution >= 4 is 22.1 Å². The van der Waals surface area contributed by atoms with Crippen LogP contribution in [0.25, 0.3) is 10.8 Å². The van der Waals surface area contributed by atoms with Crippen molar-refractivity contribution < 1.29 is 14.2 Å². The van der Waals surface area contributed by atoms with Gasteiger partial charge in [0.2, 0.25) is 0 Å². The number of aryl methyl sites for hydroxylation is 12. The molecule has 0 N–H and O–H groups in total. The Morgan fingerprint density at radius 2 is 0.614 bits per heavy atom. The van der Waals surface area contributed by atoms with Gasteiger partial charge in [-0.05, 0) is 159 Å². The molecule has 9 rings (SSSR count). The summed E-state index contributed by atoms with van der Waals surface area (Å²) >= 11 is 1.60. The molecule has 0 aliphatic rings. The largest absolute Gasteiger partial charge is 0.493 e. The molecular formula is C79H106O3S. The van der Waals surface area contributed by atoms with E-state index >= 15 is 0 Å². The van der Waals surface area contributed by atoms with E-state index in [-0.39, 0.29) is 0 Å². The fourth-order valence-corrected chi connectivity index (χ4v) is 8.53. The first-order valence-electron chi connectivity index (χ1n) is 30.6. The van der Waals surface area contributed by atoms with Crippen LogP contribution in [0.4, 0.5) is 0 Å². The Bertz CT molecular complexity index is 2790. The minimum absolute atomic E-state index is 0.851. The number of benzene rings is 8. The third-order valence-corrected chi connectivity index (χ3v) is 14.2. The molecule has 0 spiro atoms. The number of methoxy groups -OCH3 is 1. The van der Waals surface area contributed by atoms with Crippen LogP contribution in [-0.4, -0.2) is 20.3 Å². The fourth-order valence-electron chi connectivity index (χ4n) is 7.99. The third kappa shape index (κ3) is 37.0. The predicted molar refractivity (Wildman–Crippen MR) is 368 cm³/mol. The summed E-state index contributed by atoms with van der Waals surface area (Å²) in [6.45, 7) is 31.4. The zero-order valence-electron chi connectivity index (χ0n) is 54.1. The van der Waals surface area contributed by atoms with Gasteiger partial charge in [-0.3, -0.25) is 0 Å². The van der Waals surface area contributed by atoms with Gasteiger partial charge < -0.3 is 14.2 Å². The number of hydrogen-bond donors (Lipinski definition) is 0. The van der Waals surface area contributed by atoms with Crippen molar-refractivity contribution in [1.82, 2.24) is 0 Å². The molecule has 0 bridgehead atoms. The van der Waals surface area contributed by atoms with E-state index in [1.54, 1.807) is 18.4 Å². The second-order valence-electron chi connectivity index (χ2n) is 21.9. The molecule has 1 heterocycles. The lowest BCUT2D eigenvalue weighted by molar-refractivity contribution is 0.302. The Kier molecular flexibility index (Phi) is 39.7. The lowest BCUT2D eigenvalue weighted by Crippen LogP contribution is -1.99. The Labute approximate surface area is 510 Å². The molecule has 83 heavy (non-hydrogen) atoms. The normalized spacial score (nSPS) is 9.82. The van der Waals surface area contributed by atoms with Crippen molar-refractivity contribution in [1.29, 1.82) is 0 Å². The Morgan fingerprint density at radius 1 is 0.289 bits per heavy atom. The molecule has 1 aromatic heterocycles. The van der Waals surface area contributed by atoms with Gasteiger partial charge in [0.15, 0.2) is 5.06 Å². The Balaban J connectivity index is 0.000000333. The summed E-state index contributed by atoms with van der Waals surface area (Å²) in [5.74, 6) is 2.11. The van der Waals surface area contributed by atoms with E-state index in [0.29, 0.717) is 0 Å². The monoisotopic (exact) mass is 1130 g/mol. The van der Waals surface area contributed by atoms with Crippen LogP contribution in [-0.2, 0) is 0 Å². The van der Waals surface area contributed by atoms with Crippen molar-refractivity contribution in [3.05, 3.63) is 266 Å². The predicted octanol–water partition coefficient (Wildman–Crippen LogP) is 23.9. The van der Waals surface area contributed by atoms with Crippen molar-refractivity contribution in [3.63, 3.8) is 0 Å². The van der Waals surface area contributed by atoms with Gasteiger partial charge in [0.25, 0.3) is 0 Å². The number of hydrogen-bond acceptors (Lipinski definition) is 4. The SMILES string of the molecule is CCCCCCCCCCOc1cc(C)ccc1C.CCCCCCOc1cc(C)ccc1C.COc1cccs1.Cc1ccc(C)cc1.Cc1ccc(C)cc1.Cc1ccc(C)cc1.Cc1ccc2ccccc2c1.Cc1ccccc1. The van der Waals surface area contributed by atoms with Gasteiger partial charge in [0.05, 0.1) is 20.3 Å². The van der Waals surface area contributed by atoms with Crippen LogP contribution in [0.5, 0.6) is 16.6 Å². The van der Waals surface area contributed by atoms with Crippen LogP contribution in [0.2, 0.25) is 0 Å². The van der Waals surface area contributed by atoms with E-state index in [2.05, 4.69) is 261 Å².